The fraction of sp³-hybridized carbons (Fsp3) is 0.316. The highest BCUT2D eigenvalue weighted by molar-refractivity contribution is 5.80. The van der Waals surface area contributed by atoms with E-state index < -0.39 is 0 Å². The van der Waals surface area contributed by atoms with Gasteiger partial charge in [0.2, 0.25) is 0 Å². The molecule has 0 aliphatic carbocycles. The van der Waals surface area contributed by atoms with Gasteiger partial charge in [-0.25, -0.2) is 4.68 Å². The van der Waals surface area contributed by atoms with E-state index >= 15 is 0 Å². The predicted octanol–water partition coefficient (Wildman–Crippen LogP) is 3.13. The van der Waals surface area contributed by atoms with Crippen molar-refractivity contribution in [2.75, 3.05) is 19.6 Å². The molecule has 3 aromatic rings. The summed E-state index contributed by atoms with van der Waals surface area (Å²) in [5.41, 5.74) is 2.06. The quantitative estimate of drug-likeness (QED) is 0.700. The van der Waals surface area contributed by atoms with Crippen molar-refractivity contribution >= 4 is 10.9 Å². The van der Waals surface area contributed by atoms with Crippen molar-refractivity contribution in [1.29, 1.82) is 0 Å². The molecule has 2 aromatic carbocycles. The van der Waals surface area contributed by atoms with E-state index in [0.717, 1.165) is 36.2 Å². The first-order valence-electron chi connectivity index (χ1n) is 8.24. The first-order valence-corrected chi connectivity index (χ1v) is 8.24. The number of hydrogen-bond acceptors (Lipinski definition) is 2. The Morgan fingerprint density at radius 1 is 0.913 bits per heavy atom. The summed E-state index contributed by atoms with van der Waals surface area (Å²) >= 11 is 0. The van der Waals surface area contributed by atoms with Gasteiger partial charge in [-0.1, -0.05) is 44.2 Å². The maximum Gasteiger partial charge on any atom is 0.274 e. The molecule has 0 spiro atoms. The number of rotatable bonds is 6. The number of nitrogens with zero attached hydrogens (tertiary/aromatic N) is 3. The summed E-state index contributed by atoms with van der Waals surface area (Å²) in [4.78, 5) is 15.2. The monoisotopic (exact) mass is 309 g/mol. The molecule has 0 amide bonds. The second-order valence-corrected chi connectivity index (χ2v) is 5.62. The minimum Gasteiger partial charge on any atom is -0.302 e. The van der Waals surface area contributed by atoms with Crippen LogP contribution in [0.3, 0.4) is 0 Å². The maximum atomic E-state index is 12.8. The van der Waals surface area contributed by atoms with Crippen LogP contribution in [0, 0.1) is 0 Å². The van der Waals surface area contributed by atoms with Crippen LogP contribution in [0.4, 0.5) is 0 Å². The van der Waals surface area contributed by atoms with Gasteiger partial charge < -0.3 is 4.90 Å². The van der Waals surface area contributed by atoms with E-state index in [9.17, 15) is 4.79 Å². The van der Waals surface area contributed by atoms with Crippen LogP contribution in [0.1, 0.15) is 13.8 Å². The van der Waals surface area contributed by atoms with Gasteiger partial charge >= 0.3 is 0 Å². The molecule has 120 valence electrons. The van der Waals surface area contributed by atoms with Crippen molar-refractivity contribution in [2.45, 2.75) is 20.4 Å². The zero-order chi connectivity index (χ0) is 16.2. The molecule has 0 aliphatic heterocycles. The van der Waals surface area contributed by atoms with Crippen LogP contribution in [0.2, 0.25) is 0 Å². The molecule has 0 unspecified atom stereocenters. The summed E-state index contributed by atoms with van der Waals surface area (Å²) < 4.78 is 3.90. The predicted molar refractivity (Wildman–Crippen MR) is 95.3 cm³/mol. The van der Waals surface area contributed by atoms with Crippen LogP contribution in [0.25, 0.3) is 16.6 Å². The largest absolute Gasteiger partial charge is 0.302 e. The van der Waals surface area contributed by atoms with E-state index in [1.165, 1.54) is 0 Å². The van der Waals surface area contributed by atoms with Crippen molar-refractivity contribution < 1.29 is 0 Å². The van der Waals surface area contributed by atoms with Gasteiger partial charge in [-0.3, -0.25) is 9.48 Å². The van der Waals surface area contributed by atoms with Gasteiger partial charge in [-0.2, -0.15) is 0 Å². The Hall–Kier alpha value is -2.33. The van der Waals surface area contributed by atoms with Gasteiger partial charge in [0.1, 0.15) is 0 Å². The lowest BCUT2D eigenvalue weighted by Crippen LogP contribution is -2.32. The summed E-state index contributed by atoms with van der Waals surface area (Å²) in [5, 5.41) is 0.774. The molecule has 0 saturated heterocycles. The van der Waals surface area contributed by atoms with Crippen LogP contribution in [-0.2, 0) is 6.54 Å². The lowest BCUT2D eigenvalue weighted by Gasteiger charge is -2.19. The van der Waals surface area contributed by atoms with E-state index in [4.69, 9.17) is 0 Å². The van der Waals surface area contributed by atoms with Crippen LogP contribution < -0.4 is 5.56 Å². The van der Waals surface area contributed by atoms with Crippen LogP contribution in [-0.4, -0.2) is 33.9 Å². The van der Waals surface area contributed by atoms with E-state index in [2.05, 4.69) is 18.7 Å². The fourth-order valence-electron chi connectivity index (χ4n) is 3.02. The molecule has 0 N–H and O–H groups in total. The van der Waals surface area contributed by atoms with Crippen molar-refractivity contribution in [1.82, 2.24) is 14.3 Å². The summed E-state index contributed by atoms with van der Waals surface area (Å²) in [7, 11) is 0. The first-order chi connectivity index (χ1) is 11.3. The molecular formula is C19H23N3O. The third-order valence-electron chi connectivity index (χ3n) is 4.36. The standard InChI is InChI=1S/C19H23N3O/c1-3-20(4-2)14-15-21-19(23)17-12-8-9-13-18(17)22(21)16-10-6-5-7-11-16/h5-13H,3-4,14-15H2,1-2H3. The molecule has 3 rings (SSSR count). The zero-order valence-electron chi connectivity index (χ0n) is 13.8. The van der Waals surface area contributed by atoms with Gasteiger partial charge in [0.15, 0.2) is 0 Å². The zero-order valence-corrected chi connectivity index (χ0v) is 13.8. The van der Waals surface area contributed by atoms with Crippen molar-refractivity contribution in [3.63, 3.8) is 0 Å². The van der Waals surface area contributed by atoms with Crippen molar-refractivity contribution in [3.05, 3.63) is 65.0 Å². The highest BCUT2D eigenvalue weighted by atomic mass is 16.1. The Kier molecular flexibility index (Phi) is 4.63. The van der Waals surface area contributed by atoms with E-state index in [1.54, 1.807) is 0 Å². The van der Waals surface area contributed by atoms with Gasteiger partial charge in [-0.15, -0.1) is 0 Å². The van der Waals surface area contributed by atoms with Gasteiger partial charge in [0, 0.05) is 6.54 Å². The van der Waals surface area contributed by atoms with E-state index in [-0.39, 0.29) is 5.56 Å². The smallest absolute Gasteiger partial charge is 0.274 e. The van der Waals surface area contributed by atoms with Gasteiger partial charge in [0.05, 0.1) is 23.1 Å². The van der Waals surface area contributed by atoms with Crippen LogP contribution in [0.15, 0.2) is 59.4 Å². The summed E-state index contributed by atoms with van der Waals surface area (Å²) in [6.07, 6.45) is 0. The molecule has 0 radical (unpaired) electrons. The van der Waals surface area contributed by atoms with E-state index in [0.29, 0.717) is 6.54 Å². The minimum absolute atomic E-state index is 0.0802. The molecular weight excluding hydrogens is 286 g/mol. The Balaban J connectivity index is 2.12. The van der Waals surface area contributed by atoms with Crippen LogP contribution in [0.5, 0.6) is 0 Å². The highest BCUT2D eigenvalue weighted by Crippen LogP contribution is 2.17. The third-order valence-corrected chi connectivity index (χ3v) is 4.36. The molecule has 0 fully saturated rings. The average molecular weight is 309 g/mol. The molecule has 0 bridgehead atoms. The molecule has 1 aromatic heterocycles. The lowest BCUT2D eigenvalue weighted by molar-refractivity contribution is 0.280. The second-order valence-electron chi connectivity index (χ2n) is 5.62. The number of benzene rings is 2. The van der Waals surface area contributed by atoms with Gasteiger partial charge in [0.25, 0.3) is 5.56 Å². The summed E-state index contributed by atoms with van der Waals surface area (Å²) in [6.45, 7) is 7.85. The van der Waals surface area contributed by atoms with E-state index in [1.807, 2.05) is 64.0 Å². The Bertz CT molecular complexity index is 829. The third kappa shape index (κ3) is 2.94. The maximum absolute atomic E-state index is 12.8. The minimum atomic E-state index is 0.0802. The van der Waals surface area contributed by atoms with Crippen LogP contribution >= 0.6 is 0 Å². The Morgan fingerprint density at radius 2 is 1.57 bits per heavy atom. The SMILES string of the molecule is CCN(CC)CCn1c(=O)c2ccccc2n1-c1ccccc1. The van der Waals surface area contributed by atoms with Gasteiger partial charge in [-0.05, 0) is 37.4 Å². The number of aromatic nitrogens is 2. The first kappa shape index (κ1) is 15.6. The highest BCUT2D eigenvalue weighted by Gasteiger charge is 2.14. The number of fused-ring (bicyclic) bond motifs is 1. The number of hydrogen-bond donors (Lipinski definition) is 0. The molecule has 4 heteroatoms. The average Bonchev–Trinajstić information content (AvgIpc) is 2.89. The number of para-hydroxylation sites is 2. The Labute approximate surface area is 136 Å². The molecule has 0 atom stereocenters. The summed E-state index contributed by atoms with van der Waals surface area (Å²) in [5.74, 6) is 0. The molecule has 0 aliphatic rings. The lowest BCUT2D eigenvalue weighted by atomic mass is 10.2. The molecule has 1 heterocycles. The topological polar surface area (TPSA) is 30.2 Å². The van der Waals surface area contributed by atoms with Crippen molar-refractivity contribution in [3.8, 4) is 5.69 Å². The van der Waals surface area contributed by atoms with Crippen molar-refractivity contribution in [2.24, 2.45) is 0 Å². The molecule has 4 nitrogen and oxygen atoms in total. The normalized spacial score (nSPS) is 11.4. The second kappa shape index (κ2) is 6.84. The fourth-order valence-corrected chi connectivity index (χ4v) is 3.02. The molecule has 0 saturated carbocycles. The summed E-state index contributed by atoms with van der Waals surface area (Å²) in [6, 6.07) is 17.9. The molecule has 23 heavy (non-hydrogen) atoms. The number of likely N-dealkylation sites (N-methyl/N-ethyl adjacent to an activating group) is 1. The Morgan fingerprint density at radius 3 is 2.26 bits per heavy atom.